The highest BCUT2D eigenvalue weighted by molar-refractivity contribution is 5.91. The van der Waals surface area contributed by atoms with Gasteiger partial charge in [-0.1, -0.05) is 0 Å². The Morgan fingerprint density at radius 1 is 0.756 bits per heavy atom. The molecule has 0 radical (unpaired) electrons. The number of hydrogen-bond donors (Lipinski definition) is 11. The first-order chi connectivity index (χ1) is 21.2. The van der Waals surface area contributed by atoms with Gasteiger partial charge < -0.3 is 74.8 Å². The second-order valence-corrected chi connectivity index (χ2v) is 9.85. The summed E-state index contributed by atoms with van der Waals surface area (Å²) >= 11 is 0. The zero-order chi connectivity index (χ0) is 32.9. The Kier molecular flexibility index (Phi) is 7.86. The van der Waals surface area contributed by atoms with E-state index in [-0.39, 0.29) is 16.5 Å². The third-order valence-electron chi connectivity index (χ3n) is 6.88. The van der Waals surface area contributed by atoms with Crippen molar-refractivity contribution in [1.82, 2.24) is 0 Å². The Morgan fingerprint density at radius 3 is 1.89 bits per heavy atom. The quantitative estimate of drug-likeness (QED) is 0.0995. The molecule has 11 N–H and O–H groups in total. The highest BCUT2D eigenvalue weighted by Gasteiger charge is 2.48. The number of phenolic OH excluding ortho intramolecular Hbond substituents is 8. The van der Waals surface area contributed by atoms with Crippen LogP contribution in [-0.2, 0) is 9.47 Å². The van der Waals surface area contributed by atoms with Crippen molar-refractivity contribution in [1.29, 1.82) is 0 Å². The fourth-order valence-corrected chi connectivity index (χ4v) is 4.56. The van der Waals surface area contributed by atoms with E-state index in [9.17, 15) is 65.8 Å². The van der Waals surface area contributed by atoms with E-state index in [0.717, 1.165) is 36.4 Å². The lowest BCUT2D eigenvalue weighted by molar-refractivity contribution is -0.277. The summed E-state index contributed by atoms with van der Waals surface area (Å²) in [5, 5.41) is 110. The lowest BCUT2D eigenvalue weighted by Crippen LogP contribution is -2.61. The number of aromatic hydroxyl groups is 8. The van der Waals surface area contributed by atoms with Gasteiger partial charge in [0.05, 0.1) is 17.6 Å². The molecule has 0 saturated carbocycles. The van der Waals surface area contributed by atoms with Crippen LogP contribution < -0.4 is 10.2 Å². The molecule has 17 nitrogen and oxygen atoms in total. The molecule has 1 aliphatic heterocycles. The Morgan fingerprint density at radius 2 is 1.31 bits per heavy atom. The monoisotopic (exact) mass is 632 g/mol. The van der Waals surface area contributed by atoms with Gasteiger partial charge in [0.15, 0.2) is 57.9 Å². The molecule has 0 bridgehead atoms. The second-order valence-electron chi connectivity index (χ2n) is 9.85. The van der Waals surface area contributed by atoms with Gasteiger partial charge in [-0.15, -0.1) is 0 Å². The number of ether oxygens (including phenoxy) is 3. The summed E-state index contributed by atoms with van der Waals surface area (Å²) in [7, 11) is 0. The van der Waals surface area contributed by atoms with E-state index in [0.29, 0.717) is 0 Å². The number of hydrogen-bond acceptors (Lipinski definition) is 17. The highest BCUT2D eigenvalue weighted by Crippen LogP contribution is 2.43. The molecule has 3 aromatic carbocycles. The number of carbonyl (C=O) groups excluding carboxylic acids is 1. The van der Waals surface area contributed by atoms with Crippen LogP contribution in [0.15, 0.2) is 45.6 Å². The molecule has 1 aromatic heterocycles. The van der Waals surface area contributed by atoms with Crippen LogP contribution in [0.25, 0.3) is 22.3 Å². The number of esters is 1. The summed E-state index contributed by atoms with van der Waals surface area (Å²) in [6, 6.07) is 4.91. The predicted octanol–water partition coefficient (Wildman–Crippen LogP) is 0.148. The fourth-order valence-electron chi connectivity index (χ4n) is 4.56. The largest absolute Gasteiger partial charge is 0.504 e. The van der Waals surface area contributed by atoms with Gasteiger partial charge >= 0.3 is 5.97 Å². The van der Waals surface area contributed by atoms with Crippen molar-refractivity contribution >= 4 is 16.9 Å². The minimum atomic E-state index is -2.12. The molecule has 238 valence electrons. The molecule has 45 heavy (non-hydrogen) atoms. The van der Waals surface area contributed by atoms with Gasteiger partial charge in [0, 0.05) is 11.6 Å². The Labute approximate surface area is 249 Å². The molecule has 17 heteroatoms. The molecule has 0 amide bonds. The van der Waals surface area contributed by atoms with Gasteiger partial charge in [-0.25, -0.2) is 4.79 Å². The first-order valence-corrected chi connectivity index (χ1v) is 12.7. The Hall–Kier alpha value is -5.62. The standard InChI is InChI=1S/C28H24O17/c29-7-18-25(44-27(41)9-3-15(34)21(38)16(35)4-9)22(39)23(40)28(43-18)45-26-19(36)10-5-11(30)12(31)6-17(10)42-24(26)8-1-13(32)20(37)14(33)2-8/h1-6,18,22-23,25,28-35,37-40H,7H2. The van der Waals surface area contributed by atoms with E-state index >= 15 is 0 Å². The van der Waals surface area contributed by atoms with Crippen LogP contribution in [-0.4, -0.2) is 99.5 Å². The van der Waals surface area contributed by atoms with Crippen molar-refractivity contribution in [3.63, 3.8) is 0 Å². The maximum Gasteiger partial charge on any atom is 0.338 e. The lowest BCUT2D eigenvalue weighted by Gasteiger charge is -2.41. The van der Waals surface area contributed by atoms with Crippen LogP contribution in [0.2, 0.25) is 0 Å². The number of fused-ring (bicyclic) bond motifs is 1. The summed E-state index contributed by atoms with van der Waals surface area (Å²) in [5.74, 6) is -9.33. The summed E-state index contributed by atoms with van der Waals surface area (Å²) in [5.41, 5.74) is -2.14. The maximum atomic E-state index is 13.6. The van der Waals surface area contributed by atoms with Crippen molar-refractivity contribution in [2.45, 2.75) is 30.7 Å². The number of aliphatic hydroxyl groups excluding tert-OH is 3. The van der Waals surface area contributed by atoms with E-state index in [1.54, 1.807) is 0 Å². The molecule has 0 aliphatic carbocycles. The SMILES string of the molecule is O=C(OC1C(CO)OC(Oc2c(-c3cc(O)c(O)c(O)c3)oc3cc(O)c(O)cc3c2=O)C(O)C1O)c1cc(O)c(O)c(O)c1. The van der Waals surface area contributed by atoms with Gasteiger partial charge in [-0.3, -0.25) is 4.79 Å². The summed E-state index contributed by atoms with van der Waals surface area (Å²) in [4.78, 5) is 26.2. The van der Waals surface area contributed by atoms with Crippen molar-refractivity contribution < 1.29 is 79.6 Å². The van der Waals surface area contributed by atoms with E-state index < -0.39 is 112 Å². The fraction of sp³-hybridized carbons (Fsp3) is 0.214. The highest BCUT2D eigenvalue weighted by atomic mass is 16.7. The molecule has 0 spiro atoms. The van der Waals surface area contributed by atoms with Crippen molar-refractivity contribution in [3.8, 4) is 63.1 Å². The summed E-state index contributed by atoms with van der Waals surface area (Å²) in [6.45, 7) is -0.959. The average molecular weight is 632 g/mol. The minimum absolute atomic E-state index is 0.277. The predicted molar refractivity (Wildman–Crippen MR) is 145 cm³/mol. The van der Waals surface area contributed by atoms with Crippen molar-refractivity contribution in [2.24, 2.45) is 0 Å². The van der Waals surface area contributed by atoms with Gasteiger partial charge in [-0.2, -0.15) is 0 Å². The molecule has 5 rings (SSSR count). The molecule has 1 aliphatic rings. The summed E-state index contributed by atoms with van der Waals surface area (Å²) in [6.07, 6.45) is -9.62. The Balaban J connectivity index is 1.52. The van der Waals surface area contributed by atoms with Gasteiger partial charge in [0.1, 0.15) is 23.9 Å². The molecule has 2 heterocycles. The molecular weight excluding hydrogens is 608 g/mol. The smallest absolute Gasteiger partial charge is 0.338 e. The Bertz CT molecular complexity index is 1820. The third-order valence-corrected chi connectivity index (χ3v) is 6.88. The zero-order valence-electron chi connectivity index (χ0n) is 22.4. The van der Waals surface area contributed by atoms with Gasteiger partial charge in [0.2, 0.25) is 17.5 Å². The van der Waals surface area contributed by atoms with Crippen LogP contribution in [0.4, 0.5) is 0 Å². The van der Waals surface area contributed by atoms with Gasteiger partial charge in [0.25, 0.3) is 0 Å². The van der Waals surface area contributed by atoms with Crippen molar-refractivity contribution in [2.75, 3.05) is 6.61 Å². The van der Waals surface area contributed by atoms with E-state index in [4.69, 9.17) is 18.6 Å². The summed E-state index contributed by atoms with van der Waals surface area (Å²) < 4.78 is 21.9. The molecular formula is C28H24O17. The van der Waals surface area contributed by atoms with Crippen LogP contribution in [0.3, 0.4) is 0 Å². The van der Waals surface area contributed by atoms with Crippen LogP contribution in [0.1, 0.15) is 10.4 Å². The molecule has 1 fully saturated rings. The normalized spacial score (nSPS) is 21.4. The number of aliphatic hydroxyl groups is 3. The number of rotatable bonds is 6. The minimum Gasteiger partial charge on any atom is -0.504 e. The first-order valence-electron chi connectivity index (χ1n) is 12.7. The molecule has 4 aromatic rings. The van der Waals surface area contributed by atoms with Crippen LogP contribution in [0.5, 0.6) is 51.7 Å². The maximum absolute atomic E-state index is 13.6. The average Bonchev–Trinajstić information content (AvgIpc) is 2.99. The molecule has 5 atom stereocenters. The van der Waals surface area contributed by atoms with Gasteiger partial charge in [-0.05, 0) is 30.3 Å². The molecule has 1 saturated heterocycles. The van der Waals surface area contributed by atoms with Crippen LogP contribution >= 0.6 is 0 Å². The number of phenols is 8. The number of benzene rings is 3. The third kappa shape index (κ3) is 5.47. The molecule has 5 unspecified atom stereocenters. The van der Waals surface area contributed by atoms with Crippen molar-refractivity contribution in [3.05, 3.63) is 52.2 Å². The van der Waals surface area contributed by atoms with Crippen LogP contribution in [0, 0.1) is 0 Å². The zero-order valence-corrected chi connectivity index (χ0v) is 22.4. The second kappa shape index (κ2) is 11.5. The topological polar surface area (TPSA) is 298 Å². The number of carbonyl (C=O) groups is 1. The first kappa shape index (κ1) is 30.8. The lowest BCUT2D eigenvalue weighted by atomic mass is 9.98. The van der Waals surface area contributed by atoms with E-state index in [2.05, 4.69) is 0 Å². The van der Waals surface area contributed by atoms with E-state index in [1.807, 2.05) is 0 Å². The van der Waals surface area contributed by atoms with E-state index in [1.165, 1.54) is 0 Å².